The monoisotopic (exact) mass is 520 g/mol. The highest BCUT2D eigenvalue weighted by Gasteiger charge is 2.35. The highest BCUT2D eigenvalue weighted by Crippen LogP contribution is 2.31. The van der Waals surface area contributed by atoms with E-state index in [-0.39, 0.29) is 23.1 Å². The highest BCUT2D eigenvalue weighted by molar-refractivity contribution is 5.88. The minimum Gasteiger partial charge on any atom is -0.381 e. The number of piperazine rings is 1. The van der Waals surface area contributed by atoms with Crippen molar-refractivity contribution in [3.05, 3.63) is 23.8 Å². The van der Waals surface area contributed by atoms with Gasteiger partial charge in [-0.05, 0) is 50.6 Å². The van der Waals surface area contributed by atoms with E-state index in [4.69, 9.17) is 14.0 Å². The van der Waals surface area contributed by atoms with E-state index in [0.29, 0.717) is 36.8 Å². The van der Waals surface area contributed by atoms with E-state index in [1.807, 2.05) is 0 Å². The van der Waals surface area contributed by atoms with E-state index in [9.17, 15) is 13.6 Å². The maximum atomic E-state index is 13.7. The van der Waals surface area contributed by atoms with Crippen LogP contribution >= 0.6 is 0 Å². The number of nitrogens with one attached hydrogen (secondary N) is 1. The van der Waals surface area contributed by atoms with Gasteiger partial charge in [-0.1, -0.05) is 5.16 Å². The molecule has 1 amide bonds. The Labute approximate surface area is 216 Å². The maximum Gasteiger partial charge on any atom is 0.223 e. The molecule has 204 valence electrons. The van der Waals surface area contributed by atoms with Crippen LogP contribution in [0.2, 0.25) is 0 Å². The number of ether oxygens (including phenoxy) is 2. The van der Waals surface area contributed by atoms with Crippen LogP contribution in [0.4, 0.5) is 14.6 Å². The predicted molar refractivity (Wildman–Crippen MR) is 135 cm³/mol. The zero-order valence-corrected chi connectivity index (χ0v) is 21.6. The van der Waals surface area contributed by atoms with Crippen molar-refractivity contribution in [1.82, 2.24) is 15.4 Å². The van der Waals surface area contributed by atoms with Crippen LogP contribution in [0, 0.1) is 17.6 Å². The van der Waals surface area contributed by atoms with E-state index in [2.05, 4.69) is 20.3 Å². The van der Waals surface area contributed by atoms with Crippen LogP contribution < -0.4 is 10.2 Å². The Bertz CT molecular complexity index is 1060. The number of nitrogens with zero attached hydrogens (tertiary/aromatic N) is 3. The van der Waals surface area contributed by atoms with Gasteiger partial charge in [-0.15, -0.1) is 0 Å². The standard InChI is InChI=1S/C27H38F2N4O4/c1-35-27(7-14-36-15-8-27)18-25(34)30-20-4-2-19(3-5-20)6-9-32-10-12-33(13-11-32)26-21-16-22(28)23(29)17-24(21)37-31-26/h16-17,19-20H,2-15,18H2,1H3,(H,30,34). The number of methoxy groups -OCH3 is 1. The van der Waals surface area contributed by atoms with Crippen LogP contribution in [0.5, 0.6) is 0 Å². The lowest BCUT2D eigenvalue weighted by Gasteiger charge is -2.37. The molecule has 3 fully saturated rings. The third-order valence-corrected chi connectivity index (χ3v) is 8.55. The summed E-state index contributed by atoms with van der Waals surface area (Å²) in [7, 11) is 1.70. The molecule has 0 unspecified atom stereocenters. The van der Waals surface area contributed by atoms with E-state index in [1.165, 1.54) is 6.07 Å². The summed E-state index contributed by atoms with van der Waals surface area (Å²) in [4.78, 5) is 17.2. The zero-order chi connectivity index (χ0) is 25.8. The van der Waals surface area contributed by atoms with Gasteiger partial charge in [0.05, 0.1) is 17.4 Å². The highest BCUT2D eigenvalue weighted by atomic mass is 19.2. The first-order valence-corrected chi connectivity index (χ1v) is 13.6. The topological polar surface area (TPSA) is 80.1 Å². The van der Waals surface area contributed by atoms with Crippen LogP contribution in [0.15, 0.2) is 16.7 Å². The second-order valence-corrected chi connectivity index (χ2v) is 10.8. The van der Waals surface area contributed by atoms with Gasteiger partial charge in [0.1, 0.15) is 0 Å². The number of anilines is 1. The van der Waals surface area contributed by atoms with E-state index < -0.39 is 11.6 Å². The molecule has 2 aromatic rings. The molecule has 0 radical (unpaired) electrons. The SMILES string of the molecule is COC1(CC(=O)NC2CCC(CCN3CCN(c4noc5cc(F)c(F)cc45)CC3)CC2)CCOCC1. The van der Waals surface area contributed by atoms with Crippen LogP contribution in [-0.4, -0.2) is 80.7 Å². The van der Waals surface area contributed by atoms with E-state index >= 15 is 0 Å². The predicted octanol–water partition coefficient (Wildman–Crippen LogP) is 3.88. The Hall–Kier alpha value is -2.30. The molecule has 1 aromatic carbocycles. The summed E-state index contributed by atoms with van der Waals surface area (Å²) in [6.45, 7) is 5.70. The average molecular weight is 521 g/mol. The summed E-state index contributed by atoms with van der Waals surface area (Å²) in [6.07, 6.45) is 7.45. The lowest BCUT2D eigenvalue weighted by atomic mass is 9.83. The van der Waals surface area contributed by atoms with Gasteiger partial charge in [0.2, 0.25) is 5.91 Å². The normalized spacial score (nSPS) is 24.9. The number of amides is 1. The van der Waals surface area contributed by atoms with Gasteiger partial charge in [0, 0.05) is 71.5 Å². The second-order valence-electron chi connectivity index (χ2n) is 10.8. The summed E-state index contributed by atoms with van der Waals surface area (Å²) < 4.78 is 43.6. The molecule has 37 heavy (non-hydrogen) atoms. The van der Waals surface area contributed by atoms with Gasteiger partial charge in [0.25, 0.3) is 0 Å². The van der Waals surface area contributed by atoms with Crippen LogP contribution in [0.25, 0.3) is 11.0 Å². The van der Waals surface area contributed by atoms with Gasteiger partial charge in [-0.3, -0.25) is 9.69 Å². The fraction of sp³-hybridized carbons (Fsp3) is 0.704. The van der Waals surface area contributed by atoms with E-state index in [0.717, 1.165) is 83.7 Å². The molecule has 0 spiro atoms. The maximum absolute atomic E-state index is 13.7. The first kappa shape index (κ1) is 26.3. The van der Waals surface area contributed by atoms with Crippen molar-refractivity contribution in [2.45, 2.75) is 63.0 Å². The van der Waals surface area contributed by atoms with Gasteiger partial charge in [0.15, 0.2) is 23.0 Å². The smallest absolute Gasteiger partial charge is 0.223 e. The molecule has 0 bridgehead atoms. The van der Waals surface area contributed by atoms with Crippen molar-refractivity contribution in [2.24, 2.45) is 5.92 Å². The number of rotatable bonds is 8. The molecule has 3 aliphatic rings. The molecule has 3 heterocycles. The number of fused-ring (bicyclic) bond motifs is 1. The molecule has 2 saturated heterocycles. The number of halogens is 2. The molecule has 1 aromatic heterocycles. The molecular formula is C27H38F2N4O4. The summed E-state index contributed by atoms with van der Waals surface area (Å²) in [6, 6.07) is 2.49. The fourth-order valence-electron chi connectivity index (χ4n) is 6.06. The van der Waals surface area contributed by atoms with Crippen molar-refractivity contribution in [3.63, 3.8) is 0 Å². The molecule has 5 rings (SSSR count). The Morgan fingerprint density at radius 1 is 1.11 bits per heavy atom. The van der Waals surface area contributed by atoms with Crippen molar-refractivity contribution >= 4 is 22.7 Å². The summed E-state index contributed by atoms with van der Waals surface area (Å²) in [5, 5.41) is 7.84. The molecule has 8 nitrogen and oxygen atoms in total. The molecule has 1 saturated carbocycles. The zero-order valence-electron chi connectivity index (χ0n) is 21.6. The Morgan fingerprint density at radius 2 is 1.81 bits per heavy atom. The number of aromatic nitrogens is 1. The van der Waals surface area contributed by atoms with Crippen molar-refractivity contribution in [2.75, 3.05) is 57.9 Å². The van der Waals surface area contributed by atoms with Gasteiger partial charge >= 0.3 is 0 Å². The number of carbonyl (C=O) groups excluding carboxylic acids is 1. The van der Waals surface area contributed by atoms with Crippen LogP contribution in [-0.2, 0) is 14.3 Å². The Kier molecular flexibility index (Phi) is 8.26. The largest absolute Gasteiger partial charge is 0.381 e. The number of hydrogen-bond donors (Lipinski definition) is 1. The summed E-state index contributed by atoms with van der Waals surface area (Å²) in [5.74, 6) is -0.446. The lowest BCUT2D eigenvalue weighted by molar-refractivity contribution is -0.136. The summed E-state index contributed by atoms with van der Waals surface area (Å²) >= 11 is 0. The van der Waals surface area contributed by atoms with Gasteiger partial charge < -0.3 is 24.2 Å². The Balaban J connectivity index is 1.01. The minimum atomic E-state index is -0.925. The van der Waals surface area contributed by atoms with Gasteiger partial charge in [-0.25, -0.2) is 8.78 Å². The molecule has 2 aliphatic heterocycles. The molecular weight excluding hydrogens is 482 g/mol. The third-order valence-electron chi connectivity index (χ3n) is 8.55. The van der Waals surface area contributed by atoms with Crippen molar-refractivity contribution in [1.29, 1.82) is 0 Å². The van der Waals surface area contributed by atoms with Crippen molar-refractivity contribution < 1.29 is 27.6 Å². The quantitative estimate of drug-likeness (QED) is 0.566. The second kappa shape index (κ2) is 11.6. The molecule has 10 heteroatoms. The van der Waals surface area contributed by atoms with E-state index in [1.54, 1.807) is 7.11 Å². The summed E-state index contributed by atoms with van der Waals surface area (Å²) in [5.41, 5.74) is -0.108. The minimum absolute atomic E-state index is 0.0952. The van der Waals surface area contributed by atoms with Gasteiger partial charge in [-0.2, -0.15) is 0 Å². The lowest BCUT2D eigenvalue weighted by Crippen LogP contribution is -2.47. The average Bonchev–Trinajstić information content (AvgIpc) is 3.31. The number of benzene rings is 1. The first-order chi connectivity index (χ1) is 17.9. The molecule has 1 aliphatic carbocycles. The van der Waals surface area contributed by atoms with Crippen LogP contribution in [0.1, 0.15) is 51.4 Å². The van der Waals surface area contributed by atoms with Crippen LogP contribution in [0.3, 0.4) is 0 Å². The molecule has 0 atom stereocenters. The first-order valence-electron chi connectivity index (χ1n) is 13.6. The fourth-order valence-corrected chi connectivity index (χ4v) is 6.06. The Morgan fingerprint density at radius 3 is 2.51 bits per heavy atom. The number of carbonyl (C=O) groups is 1. The molecule has 1 N–H and O–H groups in total. The number of hydrogen-bond acceptors (Lipinski definition) is 7. The van der Waals surface area contributed by atoms with Crippen molar-refractivity contribution in [3.8, 4) is 0 Å². The third kappa shape index (κ3) is 6.23.